The Morgan fingerprint density at radius 2 is 1.36 bits per heavy atom. The molecule has 1 aromatic carbocycles. The van der Waals surface area contributed by atoms with Gasteiger partial charge in [-0.15, -0.1) is 0 Å². The topological polar surface area (TPSA) is 276 Å². The summed E-state index contributed by atoms with van der Waals surface area (Å²) in [6.45, 7) is -0.763. The lowest BCUT2D eigenvalue weighted by Gasteiger charge is -2.25. The number of nitrogens with one attached hydrogen (secondary N) is 5. The highest BCUT2D eigenvalue weighted by molar-refractivity contribution is 5.97. The molecule has 1 aliphatic heterocycles. The number of aliphatic hydroxyl groups excluding tert-OH is 1. The van der Waals surface area contributed by atoms with Gasteiger partial charge in [-0.25, -0.2) is 0 Å². The molecule has 0 aromatic heterocycles. The molecule has 0 aliphatic carbocycles. The summed E-state index contributed by atoms with van der Waals surface area (Å²) >= 11 is 0. The van der Waals surface area contributed by atoms with Gasteiger partial charge < -0.3 is 54.0 Å². The molecule has 1 saturated heterocycles. The van der Waals surface area contributed by atoms with Gasteiger partial charge >= 0.3 is 0 Å². The summed E-state index contributed by atoms with van der Waals surface area (Å²) in [7, 11) is 0. The zero-order valence-electron chi connectivity index (χ0n) is 23.3. The van der Waals surface area contributed by atoms with Crippen LogP contribution >= 0.6 is 0 Å². The highest BCUT2D eigenvalue weighted by atomic mass is 16.3. The average Bonchev–Trinajstić information content (AvgIpc) is 2.95. The Bertz CT molecular complexity index is 1110. The number of phenols is 1. The summed E-state index contributed by atoms with van der Waals surface area (Å²) in [5.74, 6) is -3.81. The summed E-state index contributed by atoms with van der Waals surface area (Å²) in [5.41, 5.74) is 16.8. The third-order valence-corrected chi connectivity index (χ3v) is 6.42. The average molecular weight is 592 g/mol. The largest absolute Gasteiger partial charge is 0.508 e. The molecule has 13 N–H and O–H groups in total. The van der Waals surface area contributed by atoms with Gasteiger partial charge in [0, 0.05) is 13.0 Å². The number of rotatable bonds is 11. The number of nitrogens with two attached hydrogens (primary N) is 3. The molecule has 1 fully saturated rings. The first-order valence-corrected chi connectivity index (χ1v) is 13.7. The summed E-state index contributed by atoms with van der Waals surface area (Å²) < 4.78 is 0. The molecule has 1 aliphatic rings. The van der Waals surface area contributed by atoms with Gasteiger partial charge in [0.1, 0.15) is 29.9 Å². The normalized spacial score (nSPS) is 22.4. The number of unbranched alkanes of at least 4 members (excludes halogenated alkanes) is 1. The van der Waals surface area contributed by atoms with E-state index >= 15 is 0 Å². The van der Waals surface area contributed by atoms with Gasteiger partial charge in [-0.3, -0.25) is 29.0 Å². The maximum absolute atomic E-state index is 13.3. The number of nitrogens with zero attached hydrogens (tertiary/aromatic N) is 1. The Kier molecular flexibility index (Phi) is 14.0. The maximum Gasteiger partial charge on any atom is 0.245 e. The van der Waals surface area contributed by atoms with Gasteiger partial charge in [-0.2, -0.15) is 0 Å². The van der Waals surface area contributed by atoms with Crippen molar-refractivity contribution in [3.8, 4) is 5.75 Å². The number of aliphatic hydroxyl groups is 1. The number of aliphatic imine (C=N–C) groups is 1. The van der Waals surface area contributed by atoms with E-state index in [9.17, 15) is 34.2 Å². The third-order valence-electron chi connectivity index (χ3n) is 6.42. The number of hydrogen-bond acceptors (Lipinski definition) is 9. The van der Waals surface area contributed by atoms with Crippen molar-refractivity contribution in [2.45, 2.75) is 62.7 Å². The van der Waals surface area contributed by atoms with Crippen LogP contribution in [0.1, 0.15) is 37.7 Å². The molecule has 0 unspecified atom stereocenters. The molecular formula is C26H41N9O7. The van der Waals surface area contributed by atoms with Gasteiger partial charge in [0.2, 0.25) is 29.5 Å². The minimum absolute atomic E-state index is 0.00561. The Morgan fingerprint density at radius 1 is 0.786 bits per heavy atom. The molecule has 16 nitrogen and oxygen atoms in total. The number of phenolic OH excluding ortho intramolecular Hbond substituents is 1. The number of aromatic hydroxyl groups is 1. The fourth-order valence-electron chi connectivity index (χ4n) is 4.16. The van der Waals surface area contributed by atoms with Crippen LogP contribution in [0.2, 0.25) is 0 Å². The van der Waals surface area contributed by atoms with E-state index in [0.29, 0.717) is 24.9 Å². The molecule has 0 spiro atoms. The molecule has 0 bridgehead atoms. The fourth-order valence-corrected chi connectivity index (χ4v) is 4.16. The van der Waals surface area contributed by atoms with Crippen LogP contribution in [-0.4, -0.2) is 96.1 Å². The predicted octanol–water partition coefficient (Wildman–Crippen LogP) is -3.82. The Labute approximate surface area is 243 Å². The minimum atomic E-state index is -1.46. The first-order valence-electron chi connectivity index (χ1n) is 13.7. The van der Waals surface area contributed by atoms with Crippen LogP contribution in [-0.2, 0) is 30.4 Å². The van der Waals surface area contributed by atoms with Gasteiger partial charge in [0.25, 0.3) is 0 Å². The van der Waals surface area contributed by atoms with E-state index in [0.717, 1.165) is 0 Å². The second-order valence-corrected chi connectivity index (χ2v) is 9.81. The number of hydrogen-bond donors (Lipinski definition) is 10. The van der Waals surface area contributed by atoms with E-state index in [-0.39, 0.29) is 43.9 Å². The number of carbonyl (C=O) groups is 5. The van der Waals surface area contributed by atoms with E-state index in [2.05, 4.69) is 31.6 Å². The van der Waals surface area contributed by atoms with E-state index in [1.165, 1.54) is 12.1 Å². The zero-order valence-corrected chi connectivity index (χ0v) is 23.3. The van der Waals surface area contributed by atoms with Crippen molar-refractivity contribution in [1.29, 1.82) is 0 Å². The third kappa shape index (κ3) is 11.6. The summed E-state index contributed by atoms with van der Waals surface area (Å²) in [6, 6.07) is 1.05. The molecule has 1 aromatic rings. The van der Waals surface area contributed by atoms with Crippen molar-refractivity contribution in [2.24, 2.45) is 22.2 Å². The molecule has 0 radical (unpaired) electrons. The molecular weight excluding hydrogens is 550 g/mol. The van der Waals surface area contributed by atoms with Crippen LogP contribution in [0.5, 0.6) is 5.75 Å². The summed E-state index contributed by atoms with van der Waals surface area (Å²) in [6.07, 6.45) is 1.63. The monoisotopic (exact) mass is 591 g/mol. The van der Waals surface area contributed by atoms with E-state index < -0.39 is 66.9 Å². The highest BCUT2D eigenvalue weighted by Crippen LogP contribution is 2.12. The molecule has 16 heteroatoms. The Hall–Kier alpha value is -4.44. The molecule has 0 saturated carbocycles. The van der Waals surface area contributed by atoms with Crippen LogP contribution < -0.4 is 43.8 Å². The Balaban J connectivity index is 2.36. The maximum atomic E-state index is 13.3. The molecule has 2 rings (SSSR count). The van der Waals surface area contributed by atoms with Crippen LogP contribution in [0.15, 0.2) is 29.3 Å². The van der Waals surface area contributed by atoms with Crippen LogP contribution in [0.4, 0.5) is 0 Å². The van der Waals surface area contributed by atoms with Crippen LogP contribution in [0.25, 0.3) is 0 Å². The van der Waals surface area contributed by atoms with Gasteiger partial charge in [-0.05, 0) is 56.3 Å². The van der Waals surface area contributed by atoms with Gasteiger partial charge in [0.15, 0.2) is 5.96 Å². The zero-order chi connectivity index (χ0) is 31.1. The second kappa shape index (κ2) is 17.4. The van der Waals surface area contributed by atoms with Crippen molar-refractivity contribution >= 4 is 35.5 Å². The lowest BCUT2D eigenvalue weighted by atomic mass is 10.0. The van der Waals surface area contributed by atoms with E-state index in [1.54, 1.807) is 12.1 Å². The number of amides is 5. The molecule has 1 heterocycles. The van der Waals surface area contributed by atoms with Crippen LogP contribution in [0, 0.1) is 0 Å². The van der Waals surface area contributed by atoms with Crippen LogP contribution in [0.3, 0.4) is 0 Å². The standard InChI is InChI=1S/C26H41N9O7/c27-10-2-1-4-17-22(39)31-13-21(38)32-19(12-15-6-8-16(37)9-7-15)24(41)35-20(14-36)25(42)34-18(23(40)33-17)5-3-11-30-26(28)29/h6-9,17-20,36-37H,1-5,10-14,27H2,(H,31,39)(H,32,38)(H,33,40)(H,34,42)(H,35,41)(H4,28,29,30)/t17-,18-,19-,20-/m0/s1. The number of guanidine groups is 1. The van der Waals surface area contributed by atoms with Crippen molar-refractivity contribution in [3.63, 3.8) is 0 Å². The lowest BCUT2D eigenvalue weighted by molar-refractivity contribution is -0.134. The molecule has 4 atom stereocenters. The minimum Gasteiger partial charge on any atom is -0.508 e. The van der Waals surface area contributed by atoms with Gasteiger partial charge in [-0.1, -0.05) is 12.1 Å². The SMILES string of the molecule is NCCCC[C@@H]1NC(=O)[C@H](CCCN=C(N)N)NC(=O)[C@H](CO)NC(=O)[C@H](Cc2ccc(O)cc2)NC(=O)CNC1=O. The lowest BCUT2D eigenvalue weighted by Crippen LogP contribution is -2.58. The van der Waals surface area contributed by atoms with Crippen molar-refractivity contribution in [2.75, 3.05) is 26.2 Å². The molecule has 5 amide bonds. The smallest absolute Gasteiger partial charge is 0.245 e. The number of carbonyl (C=O) groups excluding carboxylic acids is 5. The quantitative estimate of drug-likeness (QED) is 0.0680. The Morgan fingerprint density at radius 3 is 1.98 bits per heavy atom. The predicted molar refractivity (Wildman–Crippen MR) is 152 cm³/mol. The second-order valence-electron chi connectivity index (χ2n) is 9.81. The van der Waals surface area contributed by atoms with Crippen molar-refractivity contribution in [1.82, 2.24) is 26.6 Å². The summed E-state index contributed by atoms with van der Waals surface area (Å²) in [4.78, 5) is 69.2. The summed E-state index contributed by atoms with van der Waals surface area (Å²) in [5, 5.41) is 32.0. The fraction of sp³-hybridized carbons (Fsp3) is 0.538. The number of benzene rings is 1. The molecule has 232 valence electrons. The van der Waals surface area contributed by atoms with Crippen molar-refractivity contribution in [3.05, 3.63) is 29.8 Å². The highest BCUT2D eigenvalue weighted by Gasteiger charge is 2.32. The first kappa shape index (κ1) is 33.8. The first-order chi connectivity index (χ1) is 20.0. The van der Waals surface area contributed by atoms with Gasteiger partial charge in [0.05, 0.1) is 13.2 Å². The van der Waals surface area contributed by atoms with E-state index in [4.69, 9.17) is 17.2 Å². The molecule has 42 heavy (non-hydrogen) atoms. The van der Waals surface area contributed by atoms with E-state index in [1.807, 2.05) is 0 Å². The van der Waals surface area contributed by atoms with Crippen molar-refractivity contribution < 1.29 is 34.2 Å².